The minimum Gasteiger partial charge on any atom is -0.466 e. The maximum Gasteiger partial charge on any atom is 0.407 e. The van der Waals surface area contributed by atoms with Crippen molar-refractivity contribution in [2.24, 2.45) is 5.92 Å². The average molecular weight is 699 g/mol. The molecular weight excluding hydrogens is 665 g/mol. The lowest BCUT2D eigenvalue weighted by Crippen LogP contribution is -2.42. The molecule has 0 bridgehead atoms. The molecule has 0 heterocycles. The van der Waals surface area contributed by atoms with Crippen LogP contribution in [0, 0.1) is 11.7 Å². The van der Waals surface area contributed by atoms with Gasteiger partial charge in [0.25, 0.3) is 10.1 Å². The highest BCUT2D eigenvalue weighted by atomic mass is 79.9. The number of esters is 1. The molecule has 0 radical (unpaired) electrons. The van der Waals surface area contributed by atoms with Gasteiger partial charge in [0.2, 0.25) is 0 Å². The second kappa shape index (κ2) is 15.1. The Balaban J connectivity index is 1.84. The Bertz CT molecular complexity index is 1510. The second-order valence-electron chi connectivity index (χ2n) is 10.7. The van der Waals surface area contributed by atoms with Crippen molar-refractivity contribution in [2.75, 3.05) is 13.2 Å². The van der Waals surface area contributed by atoms with Crippen LogP contribution >= 0.6 is 27.5 Å². The van der Waals surface area contributed by atoms with Gasteiger partial charge in [0.1, 0.15) is 11.4 Å². The minimum absolute atomic E-state index is 0.0153. The zero-order valence-corrected chi connectivity index (χ0v) is 27.4. The topological polar surface area (TPSA) is 108 Å². The van der Waals surface area contributed by atoms with Gasteiger partial charge in [-0.15, -0.1) is 0 Å². The quantitative estimate of drug-likeness (QED) is 0.156. The molecule has 43 heavy (non-hydrogen) atoms. The summed E-state index contributed by atoms with van der Waals surface area (Å²) in [5, 5.41) is 3.19. The Hall–Kier alpha value is -2.99. The fourth-order valence-electron chi connectivity index (χ4n) is 4.17. The molecule has 1 amide bonds. The third kappa shape index (κ3) is 10.9. The van der Waals surface area contributed by atoms with E-state index in [1.54, 1.807) is 64.1 Å². The van der Waals surface area contributed by atoms with Crippen LogP contribution in [0.2, 0.25) is 5.02 Å². The van der Waals surface area contributed by atoms with Crippen molar-refractivity contribution in [3.05, 3.63) is 87.6 Å². The van der Waals surface area contributed by atoms with Gasteiger partial charge in [-0.3, -0.25) is 8.98 Å². The Morgan fingerprint density at radius 1 is 1.02 bits per heavy atom. The molecule has 0 saturated heterocycles. The zero-order chi connectivity index (χ0) is 31.8. The first-order valence-electron chi connectivity index (χ1n) is 13.5. The van der Waals surface area contributed by atoms with Crippen molar-refractivity contribution in [3.8, 4) is 11.1 Å². The van der Waals surface area contributed by atoms with Gasteiger partial charge in [-0.2, -0.15) is 8.42 Å². The van der Waals surface area contributed by atoms with E-state index in [0.29, 0.717) is 20.6 Å². The van der Waals surface area contributed by atoms with Crippen LogP contribution in [0.4, 0.5) is 9.18 Å². The standard InChI is InChI=1S/C31H34BrClFNO7S/c1-5-40-29(36)22(19-41-43(38,39)26-13-10-23(32)11-14-26)17-25(35-30(37)42-31(2,3)4)16-20-6-8-21(9-7-20)27-18-24(33)12-15-28(27)34/h6-15,18,22,25H,5,16-17,19H2,1-4H3,(H,35,37)/t22?,25-/m1/s1. The fourth-order valence-corrected chi connectivity index (χ4v) is 5.55. The van der Waals surface area contributed by atoms with Crippen LogP contribution in [0.25, 0.3) is 11.1 Å². The normalized spacial score (nSPS) is 13.2. The van der Waals surface area contributed by atoms with Gasteiger partial charge in [-0.05, 0) is 94.1 Å². The van der Waals surface area contributed by atoms with Crippen LogP contribution in [0.5, 0.6) is 0 Å². The number of amides is 1. The molecule has 8 nitrogen and oxygen atoms in total. The zero-order valence-electron chi connectivity index (χ0n) is 24.2. The highest BCUT2D eigenvalue weighted by Gasteiger charge is 2.30. The van der Waals surface area contributed by atoms with Gasteiger partial charge in [0, 0.05) is 21.1 Å². The number of hydrogen-bond donors (Lipinski definition) is 1. The monoisotopic (exact) mass is 697 g/mol. The number of benzene rings is 3. The SMILES string of the molecule is CCOC(=O)C(COS(=O)(=O)c1ccc(Br)cc1)C[C@@H](Cc1ccc(-c2cc(Cl)ccc2F)cc1)NC(=O)OC(C)(C)C. The number of rotatable bonds is 12. The van der Waals surface area contributed by atoms with Gasteiger partial charge in [0.05, 0.1) is 24.0 Å². The summed E-state index contributed by atoms with van der Waals surface area (Å²) in [5.41, 5.74) is 0.934. The molecule has 12 heteroatoms. The van der Waals surface area contributed by atoms with Crippen LogP contribution in [-0.2, 0) is 35.0 Å². The van der Waals surface area contributed by atoms with Gasteiger partial charge >= 0.3 is 12.1 Å². The van der Waals surface area contributed by atoms with Crippen molar-refractivity contribution >= 4 is 49.7 Å². The minimum atomic E-state index is -4.18. The van der Waals surface area contributed by atoms with Crippen LogP contribution in [0.3, 0.4) is 0 Å². The summed E-state index contributed by atoms with van der Waals surface area (Å²) in [4.78, 5) is 25.6. The van der Waals surface area contributed by atoms with Crippen LogP contribution in [0.1, 0.15) is 39.7 Å². The summed E-state index contributed by atoms with van der Waals surface area (Å²) in [7, 11) is -4.18. The number of carbonyl (C=O) groups excluding carboxylic acids is 2. The van der Waals surface area contributed by atoms with E-state index in [4.69, 9.17) is 25.3 Å². The molecular formula is C31H34BrClFNO7S. The molecule has 0 aliphatic rings. The molecule has 1 unspecified atom stereocenters. The van der Waals surface area contributed by atoms with Crippen molar-refractivity contribution in [2.45, 2.75) is 57.1 Å². The second-order valence-corrected chi connectivity index (χ2v) is 13.7. The lowest BCUT2D eigenvalue weighted by Gasteiger charge is -2.26. The number of ether oxygens (including phenoxy) is 2. The lowest BCUT2D eigenvalue weighted by atomic mass is 9.94. The summed E-state index contributed by atoms with van der Waals surface area (Å²) < 4.78 is 56.6. The number of hydrogen-bond acceptors (Lipinski definition) is 7. The first kappa shape index (κ1) is 34.5. The third-order valence-electron chi connectivity index (χ3n) is 6.11. The predicted octanol–water partition coefficient (Wildman–Crippen LogP) is 7.32. The first-order valence-corrected chi connectivity index (χ1v) is 16.1. The summed E-state index contributed by atoms with van der Waals surface area (Å²) in [6, 6.07) is 16.5. The Morgan fingerprint density at radius 2 is 1.67 bits per heavy atom. The summed E-state index contributed by atoms with van der Waals surface area (Å²) in [5.74, 6) is -2.13. The molecule has 3 aromatic carbocycles. The fraction of sp³-hybridized carbons (Fsp3) is 0.355. The summed E-state index contributed by atoms with van der Waals surface area (Å²) in [6.45, 7) is 6.36. The molecule has 0 spiro atoms. The van der Waals surface area contributed by atoms with E-state index in [1.807, 2.05) is 0 Å². The van der Waals surface area contributed by atoms with E-state index >= 15 is 0 Å². The highest BCUT2D eigenvalue weighted by molar-refractivity contribution is 9.10. The summed E-state index contributed by atoms with van der Waals surface area (Å²) >= 11 is 9.31. The average Bonchev–Trinajstić information content (AvgIpc) is 2.92. The largest absolute Gasteiger partial charge is 0.466 e. The smallest absolute Gasteiger partial charge is 0.407 e. The van der Waals surface area contributed by atoms with Gasteiger partial charge < -0.3 is 14.8 Å². The molecule has 0 saturated carbocycles. The molecule has 0 aromatic heterocycles. The number of alkyl carbamates (subject to hydrolysis) is 1. The number of carbonyl (C=O) groups is 2. The lowest BCUT2D eigenvalue weighted by molar-refractivity contribution is -0.149. The van der Waals surface area contributed by atoms with Gasteiger partial charge in [-0.1, -0.05) is 51.8 Å². The van der Waals surface area contributed by atoms with E-state index in [1.165, 1.54) is 30.3 Å². The number of nitrogens with one attached hydrogen (secondary N) is 1. The van der Waals surface area contributed by atoms with Gasteiger partial charge in [0.15, 0.2) is 0 Å². The number of halogens is 3. The van der Waals surface area contributed by atoms with E-state index in [-0.39, 0.29) is 24.3 Å². The van der Waals surface area contributed by atoms with Crippen molar-refractivity contribution in [1.82, 2.24) is 5.32 Å². The molecule has 3 rings (SSSR count). The van der Waals surface area contributed by atoms with Gasteiger partial charge in [-0.25, -0.2) is 9.18 Å². The molecule has 1 N–H and O–H groups in total. The molecule has 232 valence electrons. The van der Waals surface area contributed by atoms with Crippen molar-refractivity contribution in [3.63, 3.8) is 0 Å². The van der Waals surface area contributed by atoms with Crippen LogP contribution in [-0.4, -0.2) is 45.3 Å². The Morgan fingerprint density at radius 3 is 2.28 bits per heavy atom. The molecule has 0 aliphatic carbocycles. The molecule has 3 aromatic rings. The maximum atomic E-state index is 14.4. The first-order chi connectivity index (χ1) is 20.2. The maximum absolute atomic E-state index is 14.4. The van der Waals surface area contributed by atoms with E-state index in [2.05, 4.69) is 21.2 Å². The Kier molecular flexibility index (Phi) is 12.1. The predicted molar refractivity (Wildman–Crippen MR) is 166 cm³/mol. The van der Waals surface area contributed by atoms with Crippen molar-refractivity contribution in [1.29, 1.82) is 0 Å². The Labute approximate surface area is 265 Å². The van der Waals surface area contributed by atoms with E-state index in [0.717, 1.165) is 5.56 Å². The van der Waals surface area contributed by atoms with E-state index < -0.39 is 52.2 Å². The highest BCUT2D eigenvalue weighted by Crippen LogP contribution is 2.27. The molecule has 2 atom stereocenters. The molecule has 0 fully saturated rings. The molecule has 0 aliphatic heterocycles. The summed E-state index contributed by atoms with van der Waals surface area (Å²) in [6.07, 6.45) is -0.480. The van der Waals surface area contributed by atoms with Crippen molar-refractivity contribution < 1.29 is 36.1 Å². The third-order valence-corrected chi connectivity index (χ3v) is 8.17. The van der Waals surface area contributed by atoms with E-state index in [9.17, 15) is 22.4 Å². The van der Waals surface area contributed by atoms with Crippen LogP contribution < -0.4 is 5.32 Å². The van der Waals surface area contributed by atoms with Crippen LogP contribution in [0.15, 0.2) is 76.1 Å².